The van der Waals surface area contributed by atoms with E-state index in [4.69, 9.17) is 10.00 Å². The summed E-state index contributed by atoms with van der Waals surface area (Å²) >= 11 is 0. The number of carboxylic acids is 1. The smallest absolute Gasteiger partial charge is 0.315 e. The van der Waals surface area contributed by atoms with Crippen molar-refractivity contribution in [3.05, 3.63) is 59.7 Å². The van der Waals surface area contributed by atoms with Gasteiger partial charge in [-0.25, -0.2) is 0 Å². The summed E-state index contributed by atoms with van der Waals surface area (Å²) in [4.78, 5) is 11.7. The molecule has 0 amide bonds. The Morgan fingerprint density at radius 1 is 1.39 bits per heavy atom. The molecule has 23 heavy (non-hydrogen) atoms. The average Bonchev–Trinajstić information content (AvgIpc) is 2.54. The Kier molecular flexibility index (Phi) is 5.59. The van der Waals surface area contributed by atoms with Crippen LogP contribution >= 0.6 is 0 Å². The summed E-state index contributed by atoms with van der Waals surface area (Å²) in [5.74, 6) is -1.63. The number of rotatable bonds is 7. The maximum Gasteiger partial charge on any atom is 0.315 e. The molecule has 2 aromatic carbocycles. The number of phenols is 1. The van der Waals surface area contributed by atoms with Gasteiger partial charge in [0.1, 0.15) is 17.4 Å². The van der Waals surface area contributed by atoms with E-state index in [1.54, 1.807) is 30.3 Å². The van der Waals surface area contributed by atoms with E-state index in [2.05, 4.69) is 6.07 Å². The molecule has 0 fully saturated rings. The number of unbranched alkanes of at least 4 members (excludes halogenated alkanes) is 1. The van der Waals surface area contributed by atoms with Gasteiger partial charge in [-0.3, -0.25) is 4.79 Å². The van der Waals surface area contributed by atoms with Crippen molar-refractivity contribution in [2.75, 3.05) is 6.61 Å². The van der Waals surface area contributed by atoms with Gasteiger partial charge in [-0.15, -0.1) is 0 Å². The first-order chi connectivity index (χ1) is 11.1. The minimum atomic E-state index is -1.06. The predicted molar refractivity (Wildman–Crippen MR) is 83.2 cm³/mol. The normalized spacial score (nSPS) is 11.4. The Labute approximate surface area is 134 Å². The minimum absolute atomic E-state index is 0.111. The molecular weight excluding hydrogens is 294 g/mol. The van der Waals surface area contributed by atoms with Crippen molar-refractivity contribution in [2.24, 2.45) is 0 Å². The van der Waals surface area contributed by atoms with Crippen molar-refractivity contribution in [2.45, 2.75) is 18.8 Å². The van der Waals surface area contributed by atoms with Crippen LogP contribution in [-0.4, -0.2) is 22.8 Å². The van der Waals surface area contributed by atoms with Gasteiger partial charge in [0.25, 0.3) is 0 Å². The number of ether oxygens (including phenoxy) is 1. The van der Waals surface area contributed by atoms with E-state index >= 15 is 0 Å². The zero-order chi connectivity index (χ0) is 16.7. The van der Waals surface area contributed by atoms with E-state index in [1.807, 2.05) is 6.07 Å². The lowest BCUT2D eigenvalue weighted by Gasteiger charge is -2.16. The van der Waals surface area contributed by atoms with Gasteiger partial charge in [-0.2, -0.15) is 5.26 Å². The van der Waals surface area contributed by atoms with Crippen LogP contribution in [0.1, 0.15) is 29.9 Å². The Balaban J connectivity index is 2.25. The van der Waals surface area contributed by atoms with Crippen molar-refractivity contribution in [3.8, 4) is 17.6 Å². The highest BCUT2D eigenvalue weighted by Crippen LogP contribution is 2.32. The van der Waals surface area contributed by atoms with Gasteiger partial charge in [0.2, 0.25) is 0 Å². The van der Waals surface area contributed by atoms with Crippen LogP contribution < -0.4 is 4.74 Å². The van der Waals surface area contributed by atoms with Crippen molar-refractivity contribution < 1.29 is 19.7 Å². The van der Waals surface area contributed by atoms with Gasteiger partial charge >= 0.3 is 5.97 Å². The number of nitriles is 1. The fraction of sp³-hybridized carbons (Fsp3) is 0.222. The standard InChI is InChI=1S/C18H16NO4/c19-10-3-4-11-23-14-7-5-6-13(12-14)17(18(21)22)15-8-1-2-9-16(15)20/h1,5-9,12,17,20H,3-4,11H2,(H,21,22). The predicted octanol–water partition coefficient (Wildman–Crippen LogP) is 3.09. The third-order valence-electron chi connectivity index (χ3n) is 3.33. The second-order valence-electron chi connectivity index (χ2n) is 4.94. The molecule has 2 aromatic rings. The van der Waals surface area contributed by atoms with E-state index in [-0.39, 0.29) is 5.75 Å². The van der Waals surface area contributed by atoms with Gasteiger partial charge in [0, 0.05) is 12.0 Å². The second kappa shape index (κ2) is 7.85. The molecule has 5 heteroatoms. The molecule has 5 nitrogen and oxygen atoms in total. The number of aromatic hydroxyl groups is 1. The van der Waals surface area contributed by atoms with E-state index in [0.717, 1.165) is 0 Å². The highest BCUT2D eigenvalue weighted by molar-refractivity contribution is 5.81. The molecule has 1 radical (unpaired) electrons. The van der Waals surface area contributed by atoms with E-state index < -0.39 is 11.9 Å². The van der Waals surface area contributed by atoms with Gasteiger partial charge < -0.3 is 14.9 Å². The van der Waals surface area contributed by atoms with Gasteiger partial charge in [-0.1, -0.05) is 24.3 Å². The summed E-state index contributed by atoms with van der Waals surface area (Å²) in [5.41, 5.74) is 0.815. The molecular formula is C18H16NO4. The third kappa shape index (κ3) is 4.24. The highest BCUT2D eigenvalue weighted by Gasteiger charge is 2.25. The Bertz CT molecular complexity index is 721. The van der Waals surface area contributed by atoms with Crippen LogP contribution in [0, 0.1) is 17.4 Å². The van der Waals surface area contributed by atoms with Crippen molar-refractivity contribution in [1.82, 2.24) is 0 Å². The molecule has 0 saturated heterocycles. The molecule has 0 aliphatic carbocycles. The fourth-order valence-corrected chi connectivity index (χ4v) is 2.26. The number of nitrogens with zero attached hydrogens (tertiary/aromatic N) is 1. The number of hydrogen-bond donors (Lipinski definition) is 2. The topological polar surface area (TPSA) is 90.5 Å². The Hall–Kier alpha value is -3.00. The lowest BCUT2D eigenvalue weighted by molar-refractivity contribution is -0.137. The number of aliphatic carboxylic acids is 1. The molecule has 0 aromatic heterocycles. The molecule has 1 atom stereocenters. The van der Waals surface area contributed by atoms with E-state index in [0.29, 0.717) is 36.3 Å². The van der Waals surface area contributed by atoms with Crippen LogP contribution in [0.2, 0.25) is 0 Å². The van der Waals surface area contributed by atoms with Gasteiger partial charge in [0.05, 0.1) is 12.7 Å². The number of hydrogen-bond acceptors (Lipinski definition) is 4. The summed E-state index contributed by atoms with van der Waals surface area (Å²) in [6.07, 6.45) is 1.02. The number of carbonyl (C=O) groups is 1. The van der Waals surface area contributed by atoms with Gasteiger partial charge in [0.15, 0.2) is 0 Å². The summed E-state index contributed by atoms with van der Waals surface area (Å²) in [6.45, 7) is 0.389. The van der Waals surface area contributed by atoms with Crippen LogP contribution in [0.15, 0.2) is 42.5 Å². The molecule has 2 N–H and O–H groups in total. The molecule has 2 rings (SSSR count). The zero-order valence-electron chi connectivity index (χ0n) is 12.4. The molecule has 0 heterocycles. The lowest BCUT2D eigenvalue weighted by atomic mass is 9.90. The maximum absolute atomic E-state index is 11.7. The first-order valence-corrected chi connectivity index (χ1v) is 7.15. The lowest BCUT2D eigenvalue weighted by Crippen LogP contribution is -2.13. The van der Waals surface area contributed by atoms with Crippen LogP contribution in [0.25, 0.3) is 0 Å². The van der Waals surface area contributed by atoms with E-state index in [9.17, 15) is 15.0 Å². The average molecular weight is 310 g/mol. The second-order valence-corrected chi connectivity index (χ2v) is 4.94. The molecule has 0 aliphatic rings. The monoisotopic (exact) mass is 310 g/mol. The van der Waals surface area contributed by atoms with Crippen LogP contribution in [0.4, 0.5) is 0 Å². The zero-order valence-corrected chi connectivity index (χ0v) is 12.4. The fourth-order valence-electron chi connectivity index (χ4n) is 2.26. The summed E-state index contributed by atoms with van der Waals surface area (Å²) in [5, 5.41) is 27.9. The third-order valence-corrected chi connectivity index (χ3v) is 3.33. The SMILES string of the molecule is N#CCCCOc1cccc(C(C(=O)O)c2cc[c]cc2O)c1. The van der Waals surface area contributed by atoms with Crippen LogP contribution in [-0.2, 0) is 4.79 Å². The van der Waals surface area contributed by atoms with Crippen LogP contribution in [0.3, 0.4) is 0 Å². The number of phenolic OH excluding ortho intramolecular Hbond substituents is 1. The molecule has 0 saturated carbocycles. The Morgan fingerprint density at radius 2 is 2.22 bits per heavy atom. The van der Waals surface area contributed by atoms with Crippen molar-refractivity contribution >= 4 is 5.97 Å². The molecule has 1 unspecified atom stereocenters. The maximum atomic E-state index is 11.7. The highest BCUT2D eigenvalue weighted by atomic mass is 16.5. The quantitative estimate of drug-likeness (QED) is 0.767. The molecule has 0 aliphatic heterocycles. The largest absolute Gasteiger partial charge is 0.508 e. The summed E-state index contributed by atoms with van der Waals surface area (Å²) in [6, 6.07) is 15.9. The molecule has 0 bridgehead atoms. The Morgan fingerprint density at radius 3 is 2.91 bits per heavy atom. The van der Waals surface area contributed by atoms with Crippen LogP contribution in [0.5, 0.6) is 11.5 Å². The van der Waals surface area contributed by atoms with Crippen molar-refractivity contribution in [1.29, 1.82) is 5.26 Å². The summed E-state index contributed by atoms with van der Waals surface area (Å²) < 4.78 is 5.53. The minimum Gasteiger partial charge on any atom is -0.508 e. The molecule has 0 spiro atoms. The first kappa shape index (κ1) is 16.4. The van der Waals surface area contributed by atoms with Crippen molar-refractivity contribution in [3.63, 3.8) is 0 Å². The molecule has 117 valence electrons. The van der Waals surface area contributed by atoms with Gasteiger partial charge in [-0.05, 0) is 36.2 Å². The summed E-state index contributed by atoms with van der Waals surface area (Å²) in [7, 11) is 0. The first-order valence-electron chi connectivity index (χ1n) is 7.15. The number of carboxylic acid groups (broad SMARTS) is 1. The van der Waals surface area contributed by atoms with E-state index in [1.165, 1.54) is 12.1 Å². The number of benzene rings is 2.